The number of benzene rings is 3. The quantitative estimate of drug-likeness (QED) is 0.0849. The number of aliphatic hydroxyl groups is 1. The van der Waals surface area contributed by atoms with Crippen LogP contribution in [0.3, 0.4) is 0 Å². The summed E-state index contributed by atoms with van der Waals surface area (Å²) in [5, 5.41) is 17.2. The second-order valence-corrected chi connectivity index (χ2v) is 13.9. The summed E-state index contributed by atoms with van der Waals surface area (Å²) in [5.41, 5.74) is 9.67. The Morgan fingerprint density at radius 1 is 0.978 bits per heavy atom. The van der Waals surface area contributed by atoms with Gasteiger partial charge in [0.1, 0.15) is 0 Å². The number of unbranched alkanes of at least 4 members (excludes halogenated alkanes) is 5. The monoisotopic (exact) mass is 675 g/mol. The number of fused-ring (bicyclic) bond motifs is 1. The number of hydrogen-bond donors (Lipinski definition) is 5. The zero-order chi connectivity index (χ0) is 32.4. The van der Waals surface area contributed by atoms with Crippen molar-refractivity contribution in [2.24, 2.45) is 0 Å². The summed E-state index contributed by atoms with van der Waals surface area (Å²) in [5.74, 6) is 0. The number of carbonyl (C=O) groups is 1. The number of sulfonamides is 1. The number of nitrogens with two attached hydrogens (primary N) is 1. The van der Waals surface area contributed by atoms with Crippen LogP contribution < -0.4 is 26.0 Å². The van der Waals surface area contributed by atoms with E-state index < -0.39 is 16.1 Å². The van der Waals surface area contributed by atoms with Gasteiger partial charge in [0.15, 0.2) is 0 Å². The summed E-state index contributed by atoms with van der Waals surface area (Å²) in [6.07, 6.45) is 7.44. The average Bonchev–Trinajstić information content (AvgIpc) is 3.45. The maximum absolute atomic E-state index is 13.2. The smallest absolute Gasteiger partial charge is 0.321 e. The summed E-state index contributed by atoms with van der Waals surface area (Å²) < 4.78 is 29.0. The number of hydrogen-bond acceptors (Lipinski definition) is 6. The first-order chi connectivity index (χ1) is 21.6. The van der Waals surface area contributed by atoms with E-state index in [0.29, 0.717) is 60.3 Å². The van der Waals surface area contributed by atoms with Crippen LogP contribution in [0.2, 0.25) is 10.0 Å². The third kappa shape index (κ3) is 9.73. The molecule has 0 bridgehead atoms. The zero-order valence-electron chi connectivity index (χ0n) is 25.6. The van der Waals surface area contributed by atoms with E-state index in [-0.39, 0.29) is 16.6 Å². The van der Waals surface area contributed by atoms with E-state index in [2.05, 4.69) is 22.3 Å². The van der Waals surface area contributed by atoms with Crippen LogP contribution in [-0.4, -0.2) is 45.7 Å². The van der Waals surface area contributed by atoms with E-state index in [1.54, 1.807) is 47.4 Å². The first-order valence-corrected chi connectivity index (χ1v) is 17.8. The Morgan fingerprint density at radius 2 is 1.67 bits per heavy atom. The Labute approximate surface area is 276 Å². The fraction of sp³-hybridized carbons (Fsp3) is 0.424. The molecule has 0 aromatic heterocycles. The van der Waals surface area contributed by atoms with Gasteiger partial charge in [0.2, 0.25) is 0 Å². The lowest BCUT2D eigenvalue weighted by atomic mass is 10.1. The molecule has 1 aliphatic rings. The minimum Gasteiger partial charge on any atom is -0.396 e. The molecule has 3 aromatic rings. The van der Waals surface area contributed by atoms with Crippen LogP contribution in [0.5, 0.6) is 0 Å². The number of rotatable bonds is 16. The largest absolute Gasteiger partial charge is 0.396 e. The number of aliphatic hydroxyl groups excluding tert-OH is 1. The molecule has 0 fully saturated rings. The number of halogens is 2. The van der Waals surface area contributed by atoms with Crippen LogP contribution in [-0.2, 0) is 22.9 Å². The van der Waals surface area contributed by atoms with Crippen LogP contribution >= 0.6 is 23.2 Å². The highest BCUT2D eigenvalue weighted by molar-refractivity contribution is 7.92. The Morgan fingerprint density at radius 3 is 2.38 bits per heavy atom. The molecule has 0 saturated heterocycles. The molecule has 1 heterocycles. The molecule has 6 N–H and O–H groups in total. The molecule has 3 aromatic carbocycles. The average molecular weight is 677 g/mol. The molecule has 0 aliphatic carbocycles. The van der Waals surface area contributed by atoms with Crippen molar-refractivity contribution >= 4 is 56.3 Å². The van der Waals surface area contributed by atoms with E-state index in [1.165, 1.54) is 25.7 Å². The third-order valence-electron chi connectivity index (χ3n) is 7.93. The van der Waals surface area contributed by atoms with E-state index in [9.17, 15) is 18.3 Å². The second-order valence-electron chi connectivity index (χ2n) is 11.4. The molecule has 0 saturated carbocycles. The SMILES string of the molecule is CCCCCCCCNC(=O)N1CCc2cc(S(=O)(=O)Nc3ccc(CCNCC(O)c4cc(Cl)c(N)c(Cl)c4)cc3)ccc21. The molecule has 1 atom stereocenters. The minimum absolute atomic E-state index is 0.140. The molecule has 45 heavy (non-hydrogen) atoms. The van der Waals surface area contributed by atoms with Gasteiger partial charge in [-0.25, -0.2) is 13.2 Å². The summed E-state index contributed by atoms with van der Waals surface area (Å²) in [4.78, 5) is 14.6. The maximum Gasteiger partial charge on any atom is 0.321 e. The number of nitrogens with zero attached hydrogens (tertiary/aromatic N) is 1. The maximum atomic E-state index is 13.2. The van der Waals surface area contributed by atoms with Crippen LogP contribution in [0.15, 0.2) is 59.5 Å². The van der Waals surface area contributed by atoms with Crippen molar-refractivity contribution in [2.75, 3.05) is 41.5 Å². The summed E-state index contributed by atoms with van der Waals surface area (Å²) in [6, 6.07) is 15.1. The van der Waals surface area contributed by atoms with Gasteiger partial charge in [0.05, 0.1) is 26.7 Å². The van der Waals surface area contributed by atoms with Gasteiger partial charge >= 0.3 is 6.03 Å². The van der Waals surface area contributed by atoms with E-state index in [1.807, 2.05) is 12.1 Å². The lowest BCUT2D eigenvalue weighted by molar-refractivity contribution is 0.175. The Balaban J connectivity index is 1.24. The number of nitrogens with one attached hydrogen (secondary N) is 3. The summed E-state index contributed by atoms with van der Waals surface area (Å²) in [7, 11) is -3.81. The van der Waals surface area contributed by atoms with E-state index in [0.717, 1.165) is 29.7 Å². The van der Waals surface area contributed by atoms with Gasteiger partial charge in [-0.3, -0.25) is 9.62 Å². The van der Waals surface area contributed by atoms with Crippen molar-refractivity contribution in [1.29, 1.82) is 0 Å². The highest BCUT2D eigenvalue weighted by Gasteiger charge is 2.26. The van der Waals surface area contributed by atoms with Crippen molar-refractivity contribution in [1.82, 2.24) is 10.6 Å². The topological polar surface area (TPSA) is 137 Å². The number of nitrogen functional groups attached to an aromatic ring is 1. The number of anilines is 3. The third-order valence-corrected chi connectivity index (χ3v) is 9.93. The predicted octanol–water partition coefficient (Wildman–Crippen LogP) is 6.67. The summed E-state index contributed by atoms with van der Waals surface area (Å²) >= 11 is 12.1. The van der Waals surface area contributed by atoms with Crippen LogP contribution in [0, 0.1) is 0 Å². The molecular formula is C33H43Cl2N5O4S. The molecule has 0 radical (unpaired) electrons. The lowest BCUT2D eigenvalue weighted by Crippen LogP contribution is -2.39. The standard InChI is InChI=1S/C33H43Cl2N5O4S/c1-2-3-4-5-6-7-16-38-33(42)40-18-15-24-19-27(12-13-30(24)40)45(43,44)39-26-10-8-23(9-11-26)14-17-37-22-31(41)25-20-28(34)32(36)29(35)21-25/h8-13,19-21,31,37,39,41H,2-7,14-18,22,36H2,1H3,(H,38,42). The van der Waals surface area contributed by atoms with Crippen molar-refractivity contribution in [3.05, 3.63) is 81.3 Å². The van der Waals surface area contributed by atoms with Crippen LogP contribution in [0.25, 0.3) is 0 Å². The molecule has 9 nitrogen and oxygen atoms in total. The van der Waals surface area contributed by atoms with Gasteiger partial charge in [-0.15, -0.1) is 0 Å². The zero-order valence-corrected chi connectivity index (χ0v) is 27.9. The summed E-state index contributed by atoms with van der Waals surface area (Å²) in [6.45, 7) is 4.26. The Kier molecular flexibility index (Phi) is 12.8. The van der Waals surface area contributed by atoms with Gasteiger partial charge in [0.25, 0.3) is 10.0 Å². The second kappa shape index (κ2) is 16.5. The number of amides is 2. The molecule has 12 heteroatoms. The van der Waals surface area contributed by atoms with E-state index >= 15 is 0 Å². The van der Waals surface area contributed by atoms with Crippen LogP contribution in [0.1, 0.15) is 68.2 Å². The van der Waals surface area contributed by atoms with Crippen molar-refractivity contribution in [3.8, 4) is 0 Å². The fourth-order valence-electron chi connectivity index (χ4n) is 5.29. The van der Waals surface area contributed by atoms with Gasteiger partial charge in [-0.05, 0) is 85.0 Å². The van der Waals surface area contributed by atoms with Gasteiger partial charge in [-0.1, -0.05) is 74.4 Å². The van der Waals surface area contributed by atoms with Crippen molar-refractivity contribution in [3.63, 3.8) is 0 Å². The minimum atomic E-state index is -3.81. The normalized spacial score (nSPS) is 13.5. The van der Waals surface area contributed by atoms with Gasteiger partial charge in [0, 0.05) is 31.0 Å². The molecule has 2 amide bonds. The highest BCUT2D eigenvalue weighted by Crippen LogP contribution is 2.32. The molecule has 244 valence electrons. The molecule has 4 rings (SSSR count). The highest BCUT2D eigenvalue weighted by atomic mass is 35.5. The lowest BCUT2D eigenvalue weighted by Gasteiger charge is -2.18. The molecule has 1 aliphatic heterocycles. The van der Waals surface area contributed by atoms with Crippen LogP contribution in [0.4, 0.5) is 21.9 Å². The van der Waals surface area contributed by atoms with Crippen molar-refractivity contribution < 1.29 is 18.3 Å². The first kappa shape index (κ1) is 34.8. The van der Waals surface area contributed by atoms with E-state index in [4.69, 9.17) is 28.9 Å². The fourth-order valence-corrected chi connectivity index (χ4v) is 6.90. The van der Waals surface area contributed by atoms with Gasteiger partial charge in [-0.2, -0.15) is 0 Å². The first-order valence-electron chi connectivity index (χ1n) is 15.5. The number of carbonyl (C=O) groups excluding carboxylic acids is 1. The van der Waals surface area contributed by atoms with Gasteiger partial charge < -0.3 is 21.5 Å². The molecule has 1 unspecified atom stereocenters. The Bertz CT molecular complexity index is 1530. The Hall–Kier alpha value is -3.02. The van der Waals surface area contributed by atoms with Crippen molar-refractivity contribution in [2.45, 2.75) is 69.3 Å². The predicted molar refractivity (Wildman–Crippen MR) is 184 cm³/mol. The molecular weight excluding hydrogens is 633 g/mol. The molecule has 0 spiro atoms. The number of urea groups is 1.